The van der Waals surface area contributed by atoms with Crippen LogP contribution in [-0.4, -0.2) is 36.1 Å². The van der Waals surface area contributed by atoms with Crippen molar-refractivity contribution in [2.24, 2.45) is 5.73 Å². The van der Waals surface area contributed by atoms with Gasteiger partial charge in [-0.2, -0.15) is 13.2 Å². The van der Waals surface area contributed by atoms with E-state index in [1.165, 1.54) is 0 Å². The zero-order valence-electron chi connectivity index (χ0n) is 8.97. The Hall–Kier alpha value is -0.330. The molecule has 0 saturated carbocycles. The smallest absolute Gasteiger partial charge is 0.394 e. The number of aliphatic hydroxyl groups is 1. The van der Waals surface area contributed by atoms with Crippen molar-refractivity contribution >= 4 is 0 Å². The zero-order chi connectivity index (χ0) is 12.1. The molecular weight excluding hydrogens is 211 g/mol. The van der Waals surface area contributed by atoms with Gasteiger partial charge in [0.2, 0.25) is 0 Å². The van der Waals surface area contributed by atoms with Gasteiger partial charge in [0.25, 0.3) is 0 Å². The predicted molar refractivity (Wildman–Crippen MR) is 50.4 cm³/mol. The number of nitrogens with two attached hydrogens (primary N) is 1. The number of hydrogen-bond acceptors (Lipinski definition) is 3. The minimum absolute atomic E-state index is 0.00648. The van der Waals surface area contributed by atoms with E-state index in [-0.39, 0.29) is 13.2 Å². The van der Waals surface area contributed by atoms with Crippen molar-refractivity contribution in [2.45, 2.75) is 44.5 Å². The van der Waals surface area contributed by atoms with E-state index in [1.54, 1.807) is 6.92 Å². The summed E-state index contributed by atoms with van der Waals surface area (Å²) in [5.41, 5.74) is 4.85. The summed E-state index contributed by atoms with van der Waals surface area (Å²) in [4.78, 5) is 0. The average Bonchev–Trinajstić information content (AvgIpc) is 2.10. The molecule has 0 rings (SSSR count). The normalized spacial score (nSPS) is 18.6. The minimum Gasteiger partial charge on any atom is -0.394 e. The van der Waals surface area contributed by atoms with Gasteiger partial charge in [-0.1, -0.05) is 0 Å². The second-order valence-corrected chi connectivity index (χ2v) is 3.97. The maximum absolute atomic E-state index is 12.0. The fraction of sp³-hybridized carbons (Fsp3) is 1.00. The molecule has 2 unspecified atom stereocenters. The van der Waals surface area contributed by atoms with E-state index < -0.39 is 17.8 Å². The topological polar surface area (TPSA) is 55.5 Å². The maximum Gasteiger partial charge on any atom is 0.414 e. The highest BCUT2D eigenvalue weighted by Gasteiger charge is 2.36. The first-order valence-corrected chi connectivity index (χ1v) is 4.77. The van der Waals surface area contributed by atoms with Crippen LogP contribution in [0.3, 0.4) is 0 Å². The van der Waals surface area contributed by atoms with Gasteiger partial charge in [-0.3, -0.25) is 0 Å². The molecule has 0 fully saturated rings. The lowest BCUT2D eigenvalue weighted by atomic mass is 9.99. The first-order chi connectivity index (χ1) is 6.69. The van der Waals surface area contributed by atoms with Crippen LogP contribution in [0.25, 0.3) is 0 Å². The van der Waals surface area contributed by atoms with Gasteiger partial charge in [-0.15, -0.1) is 0 Å². The first-order valence-electron chi connectivity index (χ1n) is 4.77. The van der Waals surface area contributed by atoms with Gasteiger partial charge in [0.1, 0.15) is 0 Å². The van der Waals surface area contributed by atoms with Crippen molar-refractivity contribution in [2.75, 3.05) is 13.2 Å². The largest absolute Gasteiger partial charge is 0.414 e. The number of alkyl halides is 3. The predicted octanol–water partition coefficient (Wildman–Crippen LogP) is 1.44. The molecule has 0 aliphatic heterocycles. The van der Waals surface area contributed by atoms with E-state index in [0.29, 0.717) is 12.8 Å². The number of aliphatic hydroxyl groups excluding tert-OH is 1. The van der Waals surface area contributed by atoms with Crippen LogP contribution in [0.5, 0.6) is 0 Å². The van der Waals surface area contributed by atoms with Crippen LogP contribution in [0.4, 0.5) is 13.2 Å². The quantitative estimate of drug-likeness (QED) is 0.678. The van der Waals surface area contributed by atoms with Crippen molar-refractivity contribution in [3.05, 3.63) is 0 Å². The number of hydrogen-bond donors (Lipinski definition) is 2. The highest BCUT2D eigenvalue weighted by atomic mass is 19.4. The molecule has 3 N–H and O–H groups in total. The Morgan fingerprint density at radius 1 is 1.40 bits per heavy atom. The van der Waals surface area contributed by atoms with Crippen LogP contribution in [0.15, 0.2) is 0 Å². The lowest BCUT2D eigenvalue weighted by molar-refractivity contribution is -0.214. The van der Waals surface area contributed by atoms with Gasteiger partial charge >= 0.3 is 6.18 Å². The molecule has 0 aliphatic carbocycles. The molecular formula is C9H18F3NO2. The molecule has 0 saturated heterocycles. The highest BCUT2D eigenvalue weighted by Crippen LogP contribution is 2.22. The van der Waals surface area contributed by atoms with Gasteiger partial charge in [0, 0.05) is 12.1 Å². The summed E-state index contributed by atoms with van der Waals surface area (Å²) in [7, 11) is 0. The summed E-state index contributed by atoms with van der Waals surface area (Å²) in [5, 5.41) is 8.79. The van der Waals surface area contributed by atoms with Crippen molar-refractivity contribution in [3.63, 3.8) is 0 Å². The highest BCUT2D eigenvalue weighted by molar-refractivity contribution is 4.76. The summed E-state index contributed by atoms with van der Waals surface area (Å²) in [5.74, 6) is 0. The third-order valence-electron chi connectivity index (χ3n) is 2.08. The molecule has 0 amide bonds. The van der Waals surface area contributed by atoms with E-state index in [1.807, 2.05) is 0 Å². The van der Waals surface area contributed by atoms with Crippen LogP contribution in [0.2, 0.25) is 0 Å². The first kappa shape index (κ1) is 14.7. The molecule has 0 bridgehead atoms. The van der Waals surface area contributed by atoms with Crippen LogP contribution in [-0.2, 0) is 4.74 Å². The standard InChI is InChI=1S/C9H18F3NO2/c1-7(9(10,11)12)15-5-3-4-8(2,13)6-14/h7,14H,3-6,13H2,1-2H3. The second-order valence-electron chi connectivity index (χ2n) is 3.97. The lowest BCUT2D eigenvalue weighted by Gasteiger charge is -2.22. The Labute approximate surface area is 87.4 Å². The Kier molecular flexibility index (Phi) is 5.55. The fourth-order valence-electron chi connectivity index (χ4n) is 0.910. The second kappa shape index (κ2) is 5.67. The third-order valence-corrected chi connectivity index (χ3v) is 2.08. The van der Waals surface area contributed by atoms with E-state index in [9.17, 15) is 13.2 Å². The molecule has 0 heterocycles. The van der Waals surface area contributed by atoms with E-state index in [4.69, 9.17) is 10.8 Å². The van der Waals surface area contributed by atoms with E-state index >= 15 is 0 Å². The molecule has 92 valence electrons. The molecule has 15 heavy (non-hydrogen) atoms. The molecule has 3 nitrogen and oxygen atoms in total. The van der Waals surface area contributed by atoms with Crippen molar-refractivity contribution < 1.29 is 23.0 Å². The molecule has 6 heteroatoms. The van der Waals surface area contributed by atoms with Crippen LogP contribution >= 0.6 is 0 Å². The number of rotatable bonds is 6. The van der Waals surface area contributed by atoms with Crippen molar-refractivity contribution in [1.82, 2.24) is 0 Å². The van der Waals surface area contributed by atoms with Crippen molar-refractivity contribution in [1.29, 1.82) is 0 Å². The van der Waals surface area contributed by atoms with Gasteiger partial charge in [-0.25, -0.2) is 0 Å². The van der Waals surface area contributed by atoms with Gasteiger partial charge in [0.15, 0.2) is 6.10 Å². The number of ether oxygens (including phenoxy) is 1. The average molecular weight is 229 g/mol. The van der Waals surface area contributed by atoms with Crippen molar-refractivity contribution in [3.8, 4) is 0 Å². The SMILES string of the molecule is CC(OCCCC(C)(N)CO)C(F)(F)F. The van der Waals surface area contributed by atoms with Gasteiger partial charge in [-0.05, 0) is 26.7 Å². The molecule has 0 aromatic heterocycles. The summed E-state index contributed by atoms with van der Waals surface area (Å²) in [6.45, 7) is 2.41. The summed E-state index contributed by atoms with van der Waals surface area (Å²) < 4.78 is 40.5. The molecule has 0 radical (unpaired) electrons. The zero-order valence-corrected chi connectivity index (χ0v) is 8.97. The van der Waals surface area contributed by atoms with Gasteiger partial charge < -0.3 is 15.6 Å². The minimum atomic E-state index is -4.32. The molecule has 2 atom stereocenters. The van der Waals surface area contributed by atoms with Crippen LogP contribution in [0, 0.1) is 0 Å². The Morgan fingerprint density at radius 3 is 2.33 bits per heavy atom. The lowest BCUT2D eigenvalue weighted by Crippen LogP contribution is -2.40. The molecule has 0 aromatic carbocycles. The summed E-state index contributed by atoms with van der Waals surface area (Å²) >= 11 is 0. The molecule has 0 spiro atoms. The Balaban J connectivity index is 3.64. The van der Waals surface area contributed by atoms with Crippen LogP contribution in [0.1, 0.15) is 26.7 Å². The fourth-order valence-corrected chi connectivity index (χ4v) is 0.910. The maximum atomic E-state index is 12.0. The van der Waals surface area contributed by atoms with E-state index in [0.717, 1.165) is 6.92 Å². The number of halogens is 3. The third kappa shape index (κ3) is 6.70. The Bertz CT molecular complexity index is 183. The Morgan fingerprint density at radius 2 is 1.93 bits per heavy atom. The molecule has 0 aliphatic rings. The van der Waals surface area contributed by atoms with Gasteiger partial charge in [0.05, 0.1) is 6.61 Å². The van der Waals surface area contributed by atoms with Crippen LogP contribution < -0.4 is 5.73 Å². The summed E-state index contributed by atoms with van der Waals surface area (Å²) in [6, 6.07) is 0. The van der Waals surface area contributed by atoms with E-state index in [2.05, 4.69) is 4.74 Å². The molecule has 0 aromatic rings. The monoisotopic (exact) mass is 229 g/mol. The summed E-state index contributed by atoms with van der Waals surface area (Å²) in [6.07, 6.45) is -5.25.